The molecule has 2 aromatic heterocycles. The minimum absolute atomic E-state index is 0.0696. The van der Waals surface area contributed by atoms with E-state index in [2.05, 4.69) is 4.98 Å². The van der Waals surface area contributed by atoms with Crippen LogP contribution in [0.4, 0.5) is 0 Å². The summed E-state index contributed by atoms with van der Waals surface area (Å²) < 4.78 is 6.15. The van der Waals surface area contributed by atoms with E-state index in [9.17, 15) is 9.59 Å². The van der Waals surface area contributed by atoms with Crippen LogP contribution in [0.25, 0.3) is 11.4 Å². The van der Waals surface area contributed by atoms with Gasteiger partial charge in [-0.15, -0.1) is 4.73 Å². The highest BCUT2D eigenvalue weighted by Gasteiger charge is 2.25. The summed E-state index contributed by atoms with van der Waals surface area (Å²) in [6.07, 6.45) is 3.77. The van der Waals surface area contributed by atoms with E-state index in [-0.39, 0.29) is 12.2 Å². The molecular weight excluding hydrogens is 310 g/mol. The van der Waals surface area contributed by atoms with Gasteiger partial charge < -0.3 is 15.3 Å². The number of aromatic nitrogens is 2. The van der Waals surface area contributed by atoms with Gasteiger partial charge in [0.15, 0.2) is 0 Å². The molecule has 0 fully saturated rings. The number of hydrogen-bond donors (Lipinski definition) is 1. The zero-order valence-corrected chi connectivity index (χ0v) is 13.4. The molecule has 1 aliphatic carbocycles. The second-order valence-corrected chi connectivity index (χ2v) is 5.59. The molecule has 0 atom stereocenters. The van der Waals surface area contributed by atoms with Gasteiger partial charge in [0.1, 0.15) is 17.9 Å². The number of primary amides is 1. The summed E-state index contributed by atoms with van der Waals surface area (Å²) in [6.45, 7) is 0.797. The Bertz CT molecular complexity index is 829. The van der Waals surface area contributed by atoms with E-state index >= 15 is 0 Å². The third-order valence-corrected chi connectivity index (χ3v) is 4.00. The van der Waals surface area contributed by atoms with E-state index < -0.39 is 11.5 Å². The third-order valence-electron chi connectivity index (χ3n) is 4.00. The van der Waals surface area contributed by atoms with Crippen molar-refractivity contribution >= 4 is 5.91 Å². The average molecular weight is 329 g/mol. The Hall–Kier alpha value is -2.67. The largest absolute Gasteiger partial charge is 0.410 e. The fourth-order valence-corrected chi connectivity index (χ4v) is 2.87. The number of fused-ring (bicyclic) bond motifs is 3. The molecule has 0 aliphatic heterocycles. The molecule has 0 unspecified atom stereocenters. The van der Waals surface area contributed by atoms with Gasteiger partial charge in [-0.1, -0.05) is 6.07 Å². The Balaban J connectivity index is 2.12. The number of amides is 1. The normalized spacial score (nSPS) is 12.4. The molecule has 0 bridgehead atoms. The van der Waals surface area contributed by atoms with Gasteiger partial charge in [-0.25, -0.2) is 0 Å². The first-order valence-corrected chi connectivity index (χ1v) is 7.78. The Kier molecular flexibility index (Phi) is 4.61. The first-order chi connectivity index (χ1) is 11.6. The quantitative estimate of drug-likeness (QED) is 0.782. The minimum Gasteiger partial charge on any atom is -0.410 e. The van der Waals surface area contributed by atoms with Gasteiger partial charge in [0.2, 0.25) is 0 Å². The molecule has 126 valence electrons. The summed E-state index contributed by atoms with van der Waals surface area (Å²) >= 11 is 0. The van der Waals surface area contributed by atoms with Crippen LogP contribution in [0.15, 0.2) is 29.2 Å². The SMILES string of the molecule is COCCCOn1c2c(cc(C(N)=O)c1=O)CCc1cccnc1-2. The standard InChI is InChI=1S/C17H19N3O4/c1-23-8-3-9-24-20-15-12(10-13(16(18)21)17(20)22)6-5-11-4-2-7-19-14(11)15/h2,4,7,10H,3,5-6,8-9H2,1H3,(H2,18,21). The number of rotatable bonds is 6. The van der Waals surface area contributed by atoms with Crippen molar-refractivity contribution < 1.29 is 14.4 Å². The zero-order valence-electron chi connectivity index (χ0n) is 13.4. The van der Waals surface area contributed by atoms with Crippen molar-refractivity contribution in [3.8, 4) is 11.4 Å². The van der Waals surface area contributed by atoms with Gasteiger partial charge in [-0.2, -0.15) is 0 Å². The molecule has 0 spiro atoms. The lowest BCUT2D eigenvalue weighted by Gasteiger charge is -2.23. The second kappa shape index (κ2) is 6.84. The van der Waals surface area contributed by atoms with Crippen LogP contribution in [0.5, 0.6) is 0 Å². The number of aryl methyl sites for hydroxylation is 2. The predicted octanol–water partition coefficient (Wildman–Crippen LogP) is 0.573. The van der Waals surface area contributed by atoms with E-state index in [1.807, 2.05) is 12.1 Å². The predicted molar refractivity (Wildman–Crippen MR) is 87.8 cm³/mol. The van der Waals surface area contributed by atoms with Gasteiger partial charge in [-0.05, 0) is 36.1 Å². The van der Waals surface area contributed by atoms with Gasteiger partial charge in [0.25, 0.3) is 11.5 Å². The minimum atomic E-state index is -0.760. The number of nitrogens with zero attached hydrogens (tertiary/aromatic N) is 2. The fraction of sp³-hybridized carbons (Fsp3) is 0.353. The Morgan fingerprint density at radius 1 is 1.33 bits per heavy atom. The molecule has 0 saturated carbocycles. The van der Waals surface area contributed by atoms with Crippen molar-refractivity contribution in [3.05, 3.63) is 51.4 Å². The molecule has 0 aromatic carbocycles. The monoisotopic (exact) mass is 329 g/mol. The molecule has 3 rings (SSSR count). The van der Waals surface area contributed by atoms with Crippen molar-refractivity contribution in [1.82, 2.24) is 9.71 Å². The molecule has 1 aliphatic rings. The van der Waals surface area contributed by atoms with Crippen LogP contribution in [-0.2, 0) is 17.6 Å². The number of ether oxygens (including phenoxy) is 1. The lowest BCUT2D eigenvalue weighted by atomic mass is 9.92. The number of hydrogen-bond acceptors (Lipinski definition) is 5. The number of carbonyl (C=O) groups is 1. The molecule has 0 saturated heterocycles. The number of methoxy groups -OCH3 is 1. The first kappa shape index (κ1) is 16.2. The molecule has 24 heavy (non-hydrogen) atoms. The van der Waals surface area contributed by atoms with Crippen molar-refractivity contribution in [2.75, 3.05) is 20.3 Å². The van der Waals surface area contributed by atoms with Crippen molar-refractivity contribution in [3.63, 3.8) is 0 Å². The average Bonchev–Trinajstić information content (AvgIpc) is 2.59. The smallest absolute Gasteiger partial charge is 0.296 e. The van der Waals surface area contributed by atoms with Gasteiger partial charge >= 0.3 is 0 Å². The van der Waals surface area contributed by atoms with Crippen molar-refractivity contribution in [2.45, 2.75) is 19.3 Å². The number of pyridine rings is 2. The summed E-state index contributed by atoms with van der Waals surface area (Å²) in [5.74, 6) is -0.760. The van der Waals surface area contributed by atoms with E-state index in [4.69, 9.17) is 15.3 Å². The third kappa shape index (κ3) is 2.90. The summed E-state index contributed by atoms with van der Waals surface area (Å²) in [5, 5.41) is 0. The van der Waals surface area contributed by atoms with E-state index in [0.717, 1.165) is 22.3 Å². The van der Waals surface area contributed by atoms with Crippen molar-refractivity contribution in [1.29, 1.82) is 0 Å². The topological polar surface area (TPSA) is 96.4 Å². The lowest BCUT2D eigenvalue weighted by Crippen LogP contribution is -2.36. The first-order valence-electron chi connectivity index (χ1n) is 7.78. The highest BCUT2D eigenvalue weighted by Crippen LogP contribution is 2.30. The zero-order chi connectivity index (χ0) is 17.1. The van der Waals surface area contributed by atoms with E-state index in [0.29, 0.717) is 30.8 Å². The summed E-state index contributed by atoms with van der Waals surface area (Å²) in [5.41, 5.74) is 7.91. The lowest BCUT2D eigenvalue weighted by molar-refractivity contribution is 0.0805. The van der Waals surface area contributed by atoms with Crippen LogP contribution in [0.1, 0.15) is 27.9 Å². The molecule has 7 nitrogen and oxygen atoms in total. The number of nitrogens with two attached hydrogens (primary N) is 1. The number of carbonyl (C=O) groups excluding carboxylic acids is 1. The Labute approximate surface area is 139 Å². The molecular formula is C17H19N3O4. The van der Waals surface area contributed by atoms with Crippen LogP contribution in [0.2, 0.25) is 0 Å². The van der Waals surface area contributed by atoms with Gasteiger partial charge in [0, 0.05) is 26.3 Å². The summed E-state index contributed by atoms with van der Waals surface area (Å²) in [7, 11) is 1.60. The van der Waals surface area contributed by atoms with E-state index in [1.165, 1.54) is 0 Å². The van der Waals surface area contributed by atoms with Gasteiger partial charge in [-0.3, -0.25) is 14.6 Å². The second-order valence-electron chi connectivity index (χ2n) is 5.59. The van der Waals surface area contributed by atoms with Crippen LogP contribution >= 0.6 is 0 Å². The molecule has 2 aromatic rings. The maximum absolute atomic E-state index is 12.6. The molecule has 2 heterocycles. The summed E-state index contributed by atoms with van der Waals surface area (Å²) in [4.78, 5) is 34.3. The highest BCUT2D eigenvalue weighted by molar-refractivity contribution is 5.93. The molecule has 0 radical (unpaired) electrons. The summed E-state index contributed by atoms with van der Waals surface area (Å²) in [6, 6.07) is 5.41. The molecule has 1 amide bonds. The molecule has 2 N–H and O–H groups in total. The van der Waals surface area contributed by atoms with Crippen LogP contribution < -0.4 is 16.1 Å². The van der Waals surface area contributed by atoms with Gasteiger partial charge in [0.05, 0.1) is 5.69 Å². The maximum Gasteiger partial charge on any atom is 0.296 e. The van der Waals surface area contributed by atoms with Crippen LogP contribution in [0.3, 0.4) is 0 Å². The Morgan fingerprint density at radius 2 is 2.12 bits per heavy atom. The van der Waals surface area contributed by atoms with E-state index in [1.54, 1.807) is 19.4 Å². The Morgan fingerprint density at radius 3 is 2.88 bits per heavy atom. The van der Waals surface area contributed by atoms with Crippen LogP contribution in [0, 0.1) is 0 Å². The maximum atomic E-state index is 12.6. The molecule has 7 heteroatoms. The highest BCUT2D eigenvalue weighted by atomic mass is 16.7. The van der Waals surface area contributed by atoms with Crippen LogP contribution in [-0.4, -0.2) is 35.9 Å². The fourth-order valence-electron chi connectivity index (χ4n) is 2.87. The van der Waals surface area contributed by atoms with Crippen molar-refractivity contribution in [2.24, 2.45) is 5.73 Å².